The minimum atomic E-state index is -4.05. The van der Waals surface area contributed by atoms with Crippen LogP contribution in [0.25, 0.3) is 0 Å². The van der Waals surface area contributed by atoms with Crippen LogP contribution in [0.3, 0.4) is 0 Å². The summed E-state index contributed by atoms with van der Waals surface area (Å²) in [4.78, 5) is -0.596. The number of hydrogen-bond donors (Lipinski definition) is 0. The van der Waals surface area contributed by atoms with Crippen LogP contribution in [0.1, 0.15) is 19.3 Å². The molecule has 1 aliphatic heterocycles. The molecule has 122 valence electrons. The zero-order chi connectivity index (χ0) is 15.7. The highest BCUT2D eigenvalue weighted by molar-refractivity contribution is 7.89. The van der Waals surface area contributed by atoms with Crippen LogP contribution in [0.15, 0.2) is 23.1 Å². The molecule has 0 radical (unpaired) electrons. The van der Waals surface area contributed by atoms with Crippen LogP contribution in [0.4, 0.5) is 8.78 Å². The summed E-state index contributed by atoms with van der Waals surface area (Å²) in [5.74, 6) is -1.09. The first-order chi connectivity index (χ1) is 10.5. The minimum Gasteiger partial charge on any atom is -0.380 e. The SMILES string of the molecule is O=S(=O)(c1cc(F)ccc1F)N1CCOCC(C2CCC2)C1. The van der Waals surface area contributed by atoms with Gasteiger partial charge in [0.1, 0.15) is 16.5 Å². The van der Waals surface area contributed by atoms with Crippen LogP contribution in [-0.2, 0) is 14.8 Å². The maximum Gasteiger partial charge on any atom is 0.246 e. The van der Waals surface area contributed by atoms with Crippen molar-refractivity contribution in [2.45, 2.75) is 24.2 Å². The molecule has 0 spiro atoms. The van der Waals surface area contributed by atoms with Crippen molar-refractivity contribution in [2.24, 2.45) is 11.8 Å². The molecule has 7 heteroatoms. The number of sulfonamides is 1. The van der Waals surface area contributed by atoms with Crippen LogP contribution in [-0.4, -0.2) is 39.0 Å². The molecule has 1 unspecified atom stereocenters. The predicted octanol–water partition coefficient (Wildman–Crippen LogP) is 2.40. The van der Waals surface area contributed by atoms with Crippen molar-refractivity contribution in [3.05, 3.63) is 29.8 Å². The number of ether oxygens (including phenoxy) is 1. The number of benzene rings is 1. The standard InChI is InChI=1S/C15H19F2NO3S/c16-13-4-5-14(17)15(8-13)22(19,20)18-6-7-21-10-12(9-18)11-2-1-3-11/h4-5,8,11-12H,1-3,6-7,9-10H2. The van der Waals surface area contributed by atoms with E-state index in [0.717, 1.165) is 37.5 Å². The van der Waals surface area contributed by atoms with Crippen molar-refractivity contribution in [1.29, 1.82) is 0 Å². The van der Waals surface area contributed by atoms with Gasteiger partial charge in [-0.25, -0.2) is 17.2 Å². The van der Waals surface area contributed by atoms with Gasteiger partial charge in [0.05, 0.1) is 13.2 Å². The summed E-state index contributed by atoms with van der Waals surface area (Å²) in [6.07, 6.45) is 3.32. The van der Waals surface area contributed by atoms with Crippen LogP contribution in [0, 0.1) is 23.5 Å². The fourth-order valence-electron chi connectivity index (χ4n) is 3.04. The molecule has 1 atom stereocenters. The highest BCUT2D eigenvalue weighted by Gasteiger charge is 2.36. The van der Waals surface area contributed by atoms with Crippen LogP contribution in [0.5, 0.6) is 0 Å². The van der Waals surface area contributed by atoms with Crippen molar-refractivity contribution < 1.29 is 21.9 Å². The van der Waals surface area contributed by atoms with Crippen molar-refractivity contribution in [2.75, 3.05) is 26.3 Å². The van der Waals surface area contributed by atoms with Gasteiger partial charge in [0.25, 0.3) is 0 Å². The summed E-state index contributed by atoms with van der Waals surface area (Å²) in [5, 5.41) is 0. The smallest absolute Gasteiger partial charge is 0.246 e. The van der Waals surface area contributed by atoms with E-state index in [1.807, 2.05) is 0 Å². The molecule has 1 heterocycles. The molecular formula is C15H19F2NO3S. The van der Waals surface area contributed by atoms with Gasteiger partial charge in [-0.2, -0.15) is 4.31 Å². The lowest BCUT2D eigenvalue weighted by atomic mass is 9.76. The lowest BCUT2D eigenvalue weighted by molar-refractivity contribution is 0.0779. The summed E-state index contributed by atoms with van der Waals surface area (Å²) >= 11 is 0. The van der Waals surface area contributed by atoms with E-state index in [-0.39, 0.29) is 19.1 Å². The van der Waals surface area contributed by atoms with Crippen molar-refractivity contribution in [1.82, 2.24) is 4.31 Å². The second-order valence-electron chi connectivity index (χ2n) is 5.96. The Morgan fingerprint density at radius 3 is 2.64 bits per heavy atom. The van der Waals surface area contributed by atoms with Crippen molar-refractivity contribution in [3.63, 3.8) is 0 Å². The average Bonchev–Trinajstić information content (AvgIpc) is 2.66. The van der Waals surface area contributed by atoms with Crippen LogP contribution >= 0.6 is 0 Å². The molecule has 2 aliphatic rings. The lowest BCUT2D eigenvalue weighted by Crippen LogP contribution is -2.39. The fourth-order valence-corrected chi connectivity index (χ4v) is 4.59. The van der Waals surface area contributed by atoms with Gasteiger partial charge in [0.15, 0.2) is 0 Å². The molecule has 1 aliphatic carbocycles. The van der Waals surface area contributed by atoms with Gasteiger partial charge in [0.2, 0.25) is 10.0 Å². The van der Waals surface area contributed by atoms with Gasteiger partial charge in [-0.3, -0.25) is 0 Å². The topological polar surface area (TPSA) is 46.6 Å². The normalized spacial score (nSPS) is 24.7. The molecule has 3 rings (SSSR count). The predicted molar refractivity (Wildman–Crippen MR) is 76.8 cm³/mol. The zero-order valence-corrected chi connectivity index (χ0v) is 13.0. The molecule has 0 N–H and O–H groups in total. The van der Waals surface area contributed by atoms with E-state index >= 15 is 0 Å². The quantitative estimate of drug-likeness (QED) is 0.854. The largest absolute Gasteiger partial charge is 0.380 e. The molecule has 1 saturated heterocycles. The summed E-state index contributed by atoms with van der Waals surface area (Å²) in [6, 6.07) is 2.51. The number of rotatable bonds is 3. The van der Waals surface area contributed by atoms with Gasteiger partial charge < -0.3 is 4.74 Å². The summed E-state index contributed by atoms with van der Waals surface area (Å²) in [6.45, 7) is 1.28. The molecule has 1 aromatic rings. The second kappa shape index (κ2) is 6.22. The molecular weight excluding hydrogens is 312 g/mol. The van der Waals surface area contributed by atoms with Gasteiger partial charge in [-0.15, -0.1) is 0 Å². The first kappa shape index (κ1) is 15.8. The third kappa shape index (κ3) is 3.02. The fraction of sp³-hybridized carbons (Fsp3) is 0.600. The first-order valence-corrected chi connectivity index (χ1v) is 8.95. The summed E-state index contributed by atoms with van der Waals surface area (Å²) < 4.78 is 59.2. The van der Waals surface area contributed by atoms with Gasteiger partial charge >= 0.3 is 0 Å². The van der Waals surface area contributed by atoms with E-state index in [1.165, 1.54) is 4.31 Å². The van der Waals surface area contributed by atoms with E-state index in [4.69, 9.17) is 4.74 Å². The Bertz CT molecular complexity index is 646. The van der Waals surface area contributed by atoms with E-state index in [1.54, 1.807) is 0 Å². The number of halogens is 2. The molecule has 2 fully saturated rings. The first-order valence-electron chi connectivity index (χ1n) is 7.51. The monoisotopic (exact) mass is 331 g/mol. The van der Waals surface area contributed by atoms with Crippen molar-refractivity contribution in [3.8, 4) is 0 Å². The Morgan fingerprint density at radius 1 is 1.18 bits per heavy atom. The maximum absolute atomic E-state index is 13.9. The average molecular weight is 331 g/mol. The Kier molecular flexibility index (Phi) is 4.47. The lowest BCUT2D eigenvalue weighted by Gasteiger charge is -2.34. The molecule has 1 aromatic carbocycles. The Balaban J connectivity index is 1.87. The maximum atomic E-state index is 13.9. The van der Waals surface area contributed by atoms with E-state index < -0.39 is 26.6 Å². The molecule has 1 saturated carbocycles. The van der Waals surface area contributed by atoms with Crippen molar-refractivity contribution >= 4 is 10.0 Å². The Labute approximate surface area is 129 Å². The van der Waals surface area contributed by atoms with Crippen LogP contribution < -0.4 is 0 Å². The molecule has 0 bridgehead atoms. The molecule has 0 amide bonds. The summed E-state index contributed by atoms with van der Waals surface area (Å²) in [5.41, 5.74) is 0. The zero-order valence-electron chi connectivity index (χ0n) is 12.2. The third-order valence-electron chi connectivity index (χ3n) is 4.58. The number of nitrogens with zero attached hydrogens (tertiary/aromatic N) is 1. The van der Waals surface area contributed by atoms with Gasteiger partial charge in [0, 0.05) is 13.1 Å². The van der Waals surface area contributed by atoms with Crippen LogP contribution in [0.2, 0.25) is 0 Å². The third-order valence-corrected chi connectivity index (χ3v) is 6.46. The molecule has 22 heavy (non-hydrogen) atoms. The Morgan fingerprint density at radius 2 is 1.95 bits per heavy atom. The number of hydrogen-bond acceptors (Lipinski definition) is 3. The van der Waals surface area contributed by atoms with E-state index in [9.17, 15) is 17.2 Å². The molecule has 4 nitrogen and oxygen atoms in total. The second-order valence-corrected chi connectivity index (χ2v) is 7.87. The summed E-state index contributed by atoms with van der Waals surface area (Å²) in [7, 11) is -4.05. The van der Waals surface area contributed by atoms with E-state index in [2.05, 4.69) is 0 Å². The highest BCUT2D eigenvalue weighted by atomic mass is 32.2. The van der Waals surface area contributed by atoms with E-state index in [0.29, 0.717) is 19.1 Å². The highest BCUT2D eigenvalue weighted by Crippen LogP contribution is 2.35. The minimum absolute atomic E-state index is 0.127. The van der Waals surface area contributed by atoms with Gasteiger partial charge in [-0.05, 0) is 30.0 Å². The Hall–Kier alpha value is -1.05. The van der Waals surface area contributed by atoms with Gasteiger partial charge in [-0.1, -0.05) is 19.3 Å². The molecule has 0 aromatic heterocycles.